The van der Waals surface area contributed by atoms with E-state index < -0.39 is 64.8 Å². The molecule has 12 heteroatoms. The molecule has 0 saturated carbocycles. The van der Waals surface area contributed by atoms with Gasteiger partial charge < -0.3 is 26.9 Å². The minimum atomic E-state index is -2.60. The minimum Gasteiger partial charge on any atom is -0.497 e. The van der Waals surface area contributed by atoms with E-state index in [2.05, 4.69) is 179 Å². The average molecular weight is 972 g/mol. The molecule has 0 heterocycles. The number of terminal acetylenes is 1. The van der Waals surface area contributed by atoms with E-state index in [0.29, 0.717) is 19.4 Å². The summed E-state index contributed by atoms with van der Waals surface area (Å²) in [5.74, 6) is 11.0. The maximum Gasteiger partial charge on any atom is 0.194 e. The average Bonchev–Trinajstić information content (AvgIpc) is 3.55. The van der Waals surface area contributed by atoms with Gasteiger partial charge in [0.25, 0.3) is 0 Å². The fourth-order valence-electron chi connectivity index (χ4n) is 7.85. The van der Waals surface area contributed by atoms with Crippen LogP contribution in [0.5, 0.6) is 5.75 Å². The molecule has 0 radical (unpaired) electrons. The van der Waals surface area contributed by atoms with E-state index >= 15 is 0 Å². The lowest BCUT2D eigenvalue weighted by Gasteiger charge is -2.49. The fraction of sp³-hybridized carbons (Fsp3) is 0.750. The second-order valence-corrected chi connectivity index (χ2v) is 46.9. The molecule has 0 bridgehead atoms. The predicted octanol–water partition coefficient (Wildman–Crippen LogP) is 14.3. The Hall–Kier alpha value is -1.57. The van der Waals surface area contributed by atoms with Gasteiger partial charge in [-0.3, -0.25) is 4.79 Å². The fourth-order valence-corrected chi connectivity index (χ4v) is 17.4. The molecular formula is C52H94O7Si5. The monoisotopic (exact) mass is 971 g/mol. The molecule has 64 heavy (non-hydrogen) atoms. The molecule has 1 aromatic rings. The standard InChI is InChI=1S/C52H94O7Si5/c1-24-47(57-63(25-2,26-3)27-4)52(59-62(22,23)50(14,15)16)39-46(56-61(20,21)49(11,12)13)38-43(52)35-36-51(41-53,58-64(28-5,29-6)30-7)44(40-55-60(18,19)48(8,9)10)37-42-31-33-45(54-17)34-32-42/h1,31-34,38,41,44,46-47H,25-30,37,39-40H2,2-23H3/t44-,46+,47-,51+,52+/m0/s1. The van der Waals surface area contributed by atoms with Gasteiger partial charge in [0.15, 0.2) is 53.5 Å². The van der Waals surface area contributed by atoms with Crippen LogP contribution in [-0.4, -0.2) is 85.0 Å². The first-order valence-electron chi connectivity index (χ1n) is 24.5. The Bertz CT molecular complexity index is 1780. The van der Waals surface area contributed by atoms with Gasteiger partial charge in [0, 0.05) is 24.5 Å². The third kappa shape index (κ3) is 13.6. The highest BCUT2D eigenvalue weighted by Gasteiger charge is 2.57. The molecule has 364 valence electrons. The van der Waals surface area contributed by atoms with Gasteiger partial charge in [-0.25, -0.2) is 0 Å². The van der Waals surface area contributed by atoms with Crippen molar-refractivity contribution in [2.45, 2.75) is 231 Å². The second kappa shape index (κ2) is 22.2. The smallest absolute Gasteiger partial charge is 0.194 e. The quantitative estimate of drug-likeness (QED) is 0.0614. The highest BCUT2D eigenvalue weighted by molar-refractivity contribution is 6.75. The Labute approximate surface area is 399 Å². The van der Waals surface area contributed by atoms with Gasteiger partial charge in [-0.2, -0.15) is 0 Å². The number of carbonyl (C=O) groups is 1. The molecule has 0 N–H and O–H groups in total. The molecule has 0 aliphatic heterocycles. The van der Waals surface area contributed by atoms with Gasteiger partial charge in [-0.1, -0.05) is 134 Å². The molecule has 2 rings (SSSR count). The summed E-state index contributed by atoms with van der Waals surface area (Å²) in [7, 11) is -10.3. The number of hydrogen-bond acceptors (Lipinski definition) is 7. The van der Waals surface area contributed by atoms with Crippen molar-refractivity contribution in [3.63, 3.8) is 0 Å². The predicted molar refractivity (Wildman–Crippen MR) is 285 cm³/mol. The van der Waals surface area contributed by atoms with Crippen LogP contribution >= 0.6 is 0 Å². The first-order valence-corrected chi connectivity index (χ1v) is 38.3. The number of aldehydes is 1. The van der Waals surface area contributed by atoms with Crippen LogP contribution in [0.4, 0.5) is 0 Å². The van der Waals surface area contributed by atoms with E-state index in [4.69, 9.17) is 33.3 Å². The summed E-state index contributed by atoms with van der Waals surface area (Å²) in [4.78, 5) is 14.5. The summed E-state index contributed by atoms with van der Waals surface area (Å²) in [6.45, 7) is 47.6. The maximum absolute atomic E-state index is 14.5. The highest BCUT2D eigenvalue weighted by Crippen LogP contribution is 2.50. The lowest BCUT2D eigenvalue weighted by Crippen LogP contribution is -2.59. The number of methoxy groups -OCH3 is 1. The van der Waals surface area contributed by atoms with Crippen LogP contribution in [-0.2, 0) is 33.3 Å². The van der Waals surface area contributed by atoms with Crippen LogP contribution in [0, 0.1) is 30.1 Å². The second-order valence-electron chi connectivity index (χ2n) is 23.2. The van der Waals surface area contributed by atoms with Crippen molar-refractivity contribution < 1.29 is 31.7 Å². The molecule has 0 amide bonds. The molecule has 0 aromatic heterocycles. The van der Waals surface area contributed by atoms with Crippen LogP contribution in [0.1, 0.15) is 116 Å². The normalized spacial score (nSPS) is 20.1. The first-order chi connectivity index (χ1) is 29.3. The van der Waals surface area contributed by atoms with Crippen molar-refractivity contribution in [2.24, 2.45) is 5.92 Å². The SMILES string of the molecule is C#C[C@H](O[Si](CC)(CC)CC)[C@@]1(O[Si](C)(C)C(C)(C)C)C[C@H](O[Si](C)(C)C(C)(C)C)C=C1C#C[C@](C=O)(O[Si](CC)(CC)CC)[C@H](CO[Si](C)(C)C(C)(C)C)Cc1ccc(OC)cc1. The van der Waals surface area contributed by atoms with Crippen molar-refractivity contribution in [1.82, 2.24) is 0 Å². The summed E-state index contributed by atoms with van der Waals surface area (Å²) in [6, 6.07) is 13.5. The van der Waals surface area contributed by atoms with Crippen molar-refractivity contribution in [3.8, 4) is 29.9 Å². The van der Waals surface area contributed by atoms with E-state index in [0.717, 1.165) is 59.4 Å². The summed E-state index contributed by atoms with van der Waals surface area (Å²) in [6.07, 6.45) is 9.85. The third-order valence-corrected chi connectivity index (χ3v) is 39.0. The molecule has 5 atom stereocenters. The van der Waals surface area contributed by atoms with Gasteiger partial charge >= 0.3 is 0 Å². The van der Waals surface area contributed by atoms with E-state index in [-0.39, 0.29) is 21.2 Å². The largest absolute Gasteiger partial charge is 0.497 e. The van der Waals surface area contributed by atoms with Gasteiger partial charge in [-0.15, -0.1) is 6.42 Å². The number of carbonyl (C=O) groups excluding carboxylic acids is 1. The van der Waals surface area contributed by atoms with Crippen molar-refractivity contribution in [3.05, 3.63) is 41.5 Å². The van der Waals surface area contributed by atoms with E-state index in [1.54, 1.807) is 7.11 Å². The zero-order valence-corrected chi connectivity index (χ0v) is 50.0. The topological polar surface area (TPSA) is 72.5 Å². The lowest BCUT2D eigenvalue weighted by molar-refractivity contribution is -0.122. The first kappa shape index (κ1) is 58.6. The Morgan fingerprint density at radius 1 is 0.750 bits per heavy atom. The Morgan fingerprint density at radius 2 is 1.23 bits per heavy atom. The van der Waals surface area contributed by atoms with E-state index in [9.17, 15) is 4.79 Å². The maximum atomic E-state index is 14.5. The van der Waals surface area contributed by atoms with Gasteiger partial charge in [-0.05, 0) is 121 Å². The molecular weight excluding hydrogens is 877 g/mol. The van der Waals surface area contributed by atoms with Crippen molar-refractivity contribution in [1.29, 1.82) is 0 Å². The van der Waals surface area contributed by atoms with Crippen LogP contribution < -0.4 is 4.74 Å². The molecule has 0 unspecified atom stereocenters. The van der Waals surface area contributed by atoms with Crippen LogP contribution in [0.2, 0.25) is 90.7 Å². The zero-order valence-electron chi connectivity index (χ0n) is 45.0. The summed E-state index contributed by atoms with van der Waals surface area (Å²) in [5, 5.41) is -0.238. The van der Waals surface area contributed by atoms with Crippen molar-refractivity contribution in [2.75, 3.05) is 13.7 Å². The third-order valence-electron chi connectivity index (χ3n) is 16.3. The lowest BCUT2D eigenvalue weighted by atomic mass is 9.83. The van der Waals surface area contributed by atoms with Crippen LogP contribution in [0.25, 0.3) is 0 Å². The molecule has 0 spiro atoms. The van der Waals surface area contributed by atoms with E-state index in [1.807, 2.05) is 12.1 Å². The molecule has 1 aliphatic rings. The number of ether oxygens (including phenoxy) is 1. The molecule has 1 aromatic carbocycles. The van der Waals surface area contributed by atoms with Gasteiger partial charge in [0.2, 0.25) is 0 Å². The van der Waals surface area contributed by atoms with Gasteiger partial charge in [0.1, 0.15) is 17.5 Å². The van der Waals surface area contributed by atoms with Crippen molar-refractivity contribution >= 4 is 47.9 Å². The summed E-state index contributed by atoms with van der Waals surface area (Å²) < 4.78 is 42.7. The number of rotatable bonds is 23. The molecule has 7 nitrogen and oxygen atoms in total. The summed E-state index contributed by atoms with van der Waals surface area (Å²) in [5.41, 5.74) is -0.852. The molecule has 0 saturated heterocycles. The van der Waals surface area contributed by atoms with Gasteiger partial charge in [0.05, 0.1) is 13.2 Å². The highest BCUT2D eigenvalue weighted by atomic mass is 28.4. The minimum absolute atomic E-state index is 0.0390. The van der Waals surface area contributed by atoms with E-state index in [1.165, 1.54) is 0 Å². The Kier molecular flexibility index (Phi) is 20.4. The zero-order chi connectivity index (χ0) is 49.4. The van der Waals surface area contributed by atoms with Crippen LogP contribution in [0.15, 0.2) is 35.9 Å². The number of benzene rings is 1. The van der Waals surface area contributed by atoms with Crippen LogP contribution in [0.3, 0.4) is 0 Å². The Balaban J connectivity index is 3.28. The molecule has 0 fully saturated rings. The Morgan fingerprint density at radius 3 is 1.64 bits per heavy atom. The molecule has 1 aliphatic carbocycles. The number of hydrogen-bond donors (Lipinski definition) is 0. The summed E-state index contributed by atoms with van der Waals surface area (Å²) >= 11 is 0.